The van der Waals surface area contributed by atoms with E-state index in [1.165, 1.54) is 0 Å². The van der Waals surface area contributed by atoms with Gasteiger partial charge < -0.3 is 15.6 Å². The van der Waals surface area contributed by atoms with E-state index in [0.717, 1.165) is 40.7 Å². The lowest BCUT2D eigenvalue weighted by Gasteiger charge is -2.08. The van der Waals surface area contributed by atoms with Crippen molar-refractivity contribution in [3.8, 4) is 11.1 Å². The molecule has 0 aliphatic rings. The molecule has 0 unspecified atom stereocenters. The smallest absolute Gasteiger partial charge is 0.319 e. The van der Waals surface area contributed by atoms with Gasteiger partial charge in [-0.25, -0.2) is 9.78 Å². The number of rotatable bonds is 5. The van der Waals surface area contributed by atoms with Gasteiger partial charge in [0.05, 0.1) is 0 Å². The molecule has 5 nitrogen and oxygen atoms in total. The van der Waals surface area contributed by atoms with Crippen LogP contribution in [0, 0.1) is 0 Å². The zero-order chi connectivity index (χ0) is 16.1. The topological polar surface area (TPSA) is 69.8 Å². The number of benzene rings is 1. The molecule has 3 aromatic rings. The van der Waals surface area contributed by atoms with Crippen molar-refractivity contribution in [1.82, 2.24) is 15.3 Å². The molecule has 0 bridgehead atoms. The van der Waals surface area contributed by atoms with Gasteiger partial charge in [-0.2, -0.15) is 0 Å². The highest BCUT2D eigenvalue weighted by atomic mass is 16.2. The monoisotopic (exact) mass is 308 g/mol. The Morgan fingerprint density at radius 3 is 2.78 bits per heavy atom. The second-order valence-corrected chi connectivity index (χ2v) is 5.41. The first-order chi connectivity index (χ1) is 11.3. The molecule has 0 spiro atoms. The Bertz CT molecular complexity index is 792. The van der Waals surface area contributed by atoms with Gasteiger partial charge in [0.2, 0.25) is 0 Å². The van der Waals surface area contributed by atoms with E-state index in [2.05, 4.69) is 27.5 Å². The number of anilines is 1. The van der Waals surface area contributed by atoms with E-state index in [0.29, 0.717) is 6.54 Å². The van der Waals surface area contributed by atoms with E-state index in [1.807, 2.05) is 42.6 Å². The van der Waals surface area contributed by atoms with Crippen LogP contribution in [0.5, 0.6) is 0 Å². The summed E-state index contributed by atoms with van der Waals surface area (Å²) in [5.41, 5.74) is 3.87. The average molecular weight is 308 g/mol. The molecule has 2 heterocycles. The number of carbonyl (C=O) groups excluding carboxylic acids is 1. The maximum atomic E-state index is 11.7. The van der Waals surface area contributed by atoms with Gasteiger partial charge in [0.1, 0.15) is 5.65 Å². The first kappa shape index (κ1) is 15.1. The van der Waals surface area contributed by atoms with E-state index >= 15 is 0 Å². The molecule has 5 heteroatoms. The summed E-state index contributed by atoms with van der Waals surface area (Å²) in [5.74, 6) is 0. The van der Waals surface area contributed by atoms with Crippen LogP contribution in [0.1, 0.15) is 19.8 Å². The van der Waals surface area contributed by atoms with Gasteiger partial charge in [0, 0.05) is 30.0 Å². The Kier molecular flexibility index (Phi) is 4.57. The number of nitrogens with one attached hydrogen (secondary N) is 3. The number of unbranched alkanes of at least 4 members (excludes halogenated alkanes) is 1. The number of fused-ring (bicyclic) bond motifs is 1. The molecular weight excluding hydrogens is 288 g/mol. The van der Waals surface area contributed by atoms with Crippen LogP contribution in [0.3, 0.4) is 0 Å². The van der Waals surface area contributed by atoms with Crippen molar-refractivity contribution in [1.29, 1.82) is 0 Å². The van der Waals surface area contributed by atoms with Crippen LogP contribution >= 0.6 is 0 Å². The van der Waals surface area contributed by atoms with Crippen molar-refractivity contribution in [3.05, 3.63) is 48.8 Å². The maximum Gasteiger partial charge on any atom is 0.319 e. The minimum absolute atomic E-state index is 0.164. The largest absolute Gasteiger partial charge is 0.346 e. The molecule has 0 aliphatic carbocycles. The van der Waals surface area contributed by atoms with Gasteiger partial charge in [-0.05, 0) is 41.8 Å². The van der Waals surface area contributed by atoms with Crippen LogP contribution < -0.4 is 10.6 Å². The summed E-state index contributed by atoms with van der Waals surface area (Å²) < 4.78 is 0. The van der Waals surface area contributed by atoms with E-state index in [9.17, 15) is 4.79 Å². The molecule has 118 valence electrons. The number of amides is 2. The van der Waals surface area contributed by atoms with Gasteiger partial charge in [-0.3, -0.25) is 0 Å². The van der Waals surface area contributed by atoms with Gasteiger partial charge >= 0.3 is 6.03 Å². The summed E-state index contributed by atoms with van der Waals surface area (Å²) in [5, 5.41) is 6.77. The fourth-order valence-electron chi connectivity index (χ4n) is 2.50. The predicted octanol–water partition coefficient (Wildman–Crippen LogP) is 4.15. The quantitative estimate of drug-likeness (QED) is 0.620. The van der Waals surface area contributed by atoms with E-state index in [4.69, 9.17) is 0 Å². The summed E-state index contributed by atoms with van der Waals surface area (Å²) in [7, 11) is 0. The number of H-pyrrole nitrogens is 1. The number of urea groups is 1. The van der Waals surface area contributed by atoms with Crippen molar-refractivity contribution in [2.24, 2.45) is 0 Å². The highest BCUT2D eigenvalue weighted by molar-refractivity contribution is 5.94. The molecule has 0 aliphatic heterocycles. The standard InChI is InChI=1S/C18H20N4O/c1-2-3-10-21-18(23)22-14-6-4-13(5-7-14)15-8-11-19-17-16(15)9-12-20-17/h4-9,11-12H,2-3,10H2,1H3,(H,19,20)(H2,21,22,23). The first-order valence-electron chi connectivity index (χ1n) is 7.85. The number of carbonyl (C=O) groups is 1. The number of hydrogen-bond acceptors (Lipinski definition) is 2. The third kappa shape index (κ3) is 3.51. The Morgan fingerprint density at radius 2 is 2.00 bits per heavy atom. The third-order valence-corrected chi connectivity index (χ3v) is 3.73. The van der Waals surface area contributed by atoms with Crippen molar-refractivity contribution in [2.75, 3.05) is 11.9 Å². The molecule has 0 radical (unpaired) electrons. The number of pyridine rings is 1. The van der Waals surface area contributed by atoms with Crippen LogP contribution in [0.15, 0.2) is 48.8 Å². The molecule has 0 atom stereocenters. The number of hydrogen-bond donors (Lipinski definition) is 3. The minimum atomic E-state index is -0.164. The van der Waals surface area contributed by atoms with Gasteiger partial charge in [0.25, 0.3) is 0 Å². The molecule has 0 saturated heterocycles. The molecule has 0 fully saturated rings. The number of aromatic amines is 1. The Morgan fingerprint density at radius 1 is 1.17 bits per heavy atom. The Balaban J connectivity index is 1.72. The third-order valence-electron chi connectivity index (χ3n) is 3.73. The minimum Gasteiger partial charge on any atom is -0.346 e. The summed E-state index contributed by atoms with van der Waals surface area (Å²) >= 11 is 0. The second kappa shape index (κ2) is 6.96. The highest BCUT2D eigenvalue weighted by Crippen LogP contribution is 2.27. The number of aromatic nitrogens is 2. The fourth-order valence-corrected chi connectivity index (χ4v) is 2.50. The van der Waals surface area contributed by atoms with Gasteiger partial charge in [-0.1, -0.05) is 25.5 Å². The van der Waals surface area contributed by atoms with Crippen molar-refractivity contribution in [2.45, 2.75) is 19.8 Å². The van der Waals surface area contributed by atoms with Crippen molar-refractivity contribution < 1.29 is 4.79 Å². The second-order valence-electron chi connectivity index (χ2n) is 5.41. The van der Waals surface area contributed by atoms with Crippen LogP contribution in [0.4, 0.5) is 10.5 Å². The normalized spacial score (nSPS) is 10.7. The summed E-state index contributed by atoms with van der Waals surface area (Å²) in [6.07, 6.45) is 5.73. The van der Waals surface area contributed by atoms with Crippen LogP contribution in [0.2, 0.25) is 0 Å². The summed E-state index contributed by atoms with van der Waals surface area (Å²) in [6.45, 7) is 2.79. The molecule has 1 aromatic carbocycles. The molecule has 3 rings (SSSR count). The van der Waals surface area contributed by atoms with E-state index < -0.39 is 0 Å². The molecule has 23 heavy (non-hydrogen) atoms. The van der Waals surface area contributed by atoms with Gasteiger partial charge in [-0.15, -0.1) is 0 Å². The number of nitrogens with zero attached hydrogens (tertiary/aromatic N) is 1. The van der Waals surface area contributed by atoms with Crippen molar-refractivity contribution in [3.63, 3.8) is 0 Å². The Labute approximate surface area is 135 Å². The van der Waals surface area contributed by atoms with E-state index in [1.54, 1.807) is 6.20 Å². The zero-order valence-electron chi connectivity index (χ0n) is 13.1. The fraction of sp³-hybridized carbons (Fsp3) is 0.222. The lowest BCUT2D eigenvalue weighted by Crippen LogP contribution is -2.29. The predicted molar refractivity (Wildman–Crippen MR) is 93.5 cm³/mol. The molecular formula is C18H20N4O. The van der Waals surface area contributed by atoms with Crippen LogP contribution in [0.25, 0.3) is 22.2 Å². The van der Waals surface area contributed by atoms with Crippen LogP contribution in [-0.2, 0) is 0 Å². The summed E-state index contributed by atoms with van der Waals surface area (Å²) in [4.78, 5) is 19.2. The zero-order valence-corrected chi connectivity index (χ0v) is 13.1. The molecule has 0 saturated carbocycles. The lowest BCUT2D eigenvalue weighted by atomic mass is 10.0. The lowest BCUT2D eigenvalue weighted by molar-refractivity contribution is 0.252. The molecule has 3 N–H and O–H groups in total. The summed E-state index contributed by atoms with van der Waals surface area (Å²) in [6, 6.07) is 11.7. The van der Waals surface area contributed by atoms with E-state index in [-0.39, 0.29) is 6.03 Å². The van der Waals surface area contributed by atoms with Crippen molar-refractivity contribution >= 4 is 22.8 Å². The Hall–Kier alpha value is -2.82. The maximum absolute atomic E-state index is 11.7. The average Bonchev–Trinajstić information content (AvgIpc) is 3.04. The first-order valence-corrected chi connectivity index (χ1v) is 7.85. The molecule has 2 amide bonds. The molecule has 2 aromatic heterocycles. The van der Waals surface area contributed by atoms with Gasteiger partial charge in [0.15, 0.2) is 0 Å². The SMILES string of the molecule is CCCCNC(=O)Nc1ccc(-c2ccnc3[nH]ccc23)cc1. The highest BCUT2D eigenvalue weighted by Gasteiger charge is 2.06. The van der Waals surface area contributed by atoms with Crippen LogP contribution in [-0.4, -0.2) is 22.5 Å².